The van der Waals surface area contributed by atoms with E-state index in [1.165, 1.54) is 0 Å². The van der Waals surface area contributed by atoms with E-state index >= 15 is 0 Å². The van der Waals surface area contributed by atoms with Gasteiger partial charge in [-0.3, -0.25) is 14.3 Å². The summed E-state index contributed by atoms with van der Waals surface area (Å²) in [6.45, 7) is 7.61. The third-order valence-corrected chi connectivity index (χ3v) is 6.34. The molecule has 1 unspecified atom stereocenters. The van der Waals surface area contributed by atoms with Gasteiger partial charge in [0.2, 0.25) is 11.8 Å². The zero-order valence-corrected chi connectivity index (χ0v) is 18.5. The van der Waals surface area contributed by atoms with Crippen LogP contribution in [0.5, 0.6) is 0 Å². The van der Waals surface area contributed by atoms with Crippen molar-refractivity contribution in [1.29, 1.82) is 0 Å². The molecule has 1 saturated heterocycles. The lowest BCUT2D eigenvalue weighted by molar-refractivity contribution is -0.133. The second-order valence-corrected chi connectivity index (χ2v) is 9.57. The Morgan fingerprint density at radius 2 is 2.07 bits per heavy atom. The average molecular weight is 430 g/mol. The Bertz CT molecular complexity index is 984. The number of aromatic nitrogens is 3. The van der Waals surface area contributed by atoms with Gasteiger partial charge in [-0.15, -0.1) is 0 Å². The first-order valence-electron chi connectivity index (χ1n) is 10.5. The molecule has 2 amide bonds. The number of nitrogens with zero attached hydrogens (tertiary/aromatic N) is 4. The first kappa shape index (κ1) is 20.8. The fraction of sp³-hybridized carbons (Fsp3) is 0.545. The monoisotopic (exact) mass is 429 g/mol. The Kier molecular flexibility index (Phi) is 5.57. The van der Waals surface area contributed by atoms with E-state index in [2.05, 4.69) is 29.2 Å². The van der Waals surface area contributed by atoms with E-state index in [4.69, 9.17) is 11.6 Å². The fourth-order valence-electron chi connectivity index (χ4n) is 4.62. The maximum absolute atomic E-state index is 12.7. The molecule has 0 saturated carbocycles. The number of halogens is 1. The SMILES string of the molecule is CC(=O)N1CCCCC1CC(=O)Nc1cc(-c2cnn3c2CC(C)(C)C3)c(Cl)cn1. The molecule has 0 aromatic carbocycles. The number of amides is 2. The molecule has 4 rings (SSSR count). The van der Waals surface area contributed by atoms with Gasteiger partial charge in [0, 0.05) is 55.5 Å². The Morgan fingerprint density at radius 1 is 1.27 bits per heavy atom. The van der Waals surface area contributed by atoms with Crippen LogP contribution in [0.25, 0.3) is 11.1 Å². The number of carbonyl (C=O) groups excluding carboxylic acids is 2. The molecule has 7 nitrogen and oxygen atoms in total. The van der Waals surface area contributed by atoms with Gasteiger partial charge in [0.05, 0.1) is 11.2 Å². The van der Waals surface area contributed by atoms with Crippen LogP contribution in [-0.4, -0.2) is 44.1 Å². The van der Waals surface area contributed by atoms with Gasteiger partial charge in [-0.05, 0) is 37.2 Å². The van der Waals surface area contributed by atoms with Crippen molar-refractivity contribution in [2.45, 2.75) is 65.5 Å². The summed E-state index contributed by atoms with van der Waals surface area (Å²) < 4.78 is 2.03. The summed E-state index contributed by atoms with van der Waals surface area (Å²) in [6, 6.07) is 1.76. The highest BCUT2D eigenvalue weighted by atomic mass is 35.5. The van der Waals surface area contributed by atoms with Gasteiger partial charge in [0.15, 0.2) is 0 Å². The minimum atomic E-state index is -0.143. The highest BCUT2D eigenvalue weighted by molar-refractivity contribution is 6.33. The molecule has 0 spiro atoms. The zero-order chi connectivity index (χ0) is 21.5. The summed E-state index contributed by atoms with van der Waals surface area (Å²) in [5.41, 5.74) is 3.13. The van der Waals surface area contributed by atoms with E-state index in [0.29, 0.717) is 10.8 Å². The van der Waals surface area contributed by atoms with Crippen molar-refractivity contribution in [3.63, 3.8) is 0 Å². The number of anilines is 1. The normalized spacial score (nSPS) is 20.1. The third-order valence-electron chi connectivity index (χ3n) is 6.04. The lowest BCUT2D eigenvalue weighted by Crippen LogP contribution is -2.44. The second kappa shape index (κ2) is 8.02. The van der Waals surface area contributed by atoms with Gasteiger partial charge >= 0.3 is 0 Å². The number of hydrogen-bond donors (Lipinski definition) is 1. The van der Waals surface area contributed by atoms with E-state index in [0.717, 1.165) is 55.6 Å². The van der Waals surface area contributed by atoms with Crippen LogP contribution < -0.4 is 5.32 Å². The number of pyridine rings is 1. The molecule has 0 aliphatic carbocycles. The number of piperidine rings is 1. The van der Waals surface area contributed by atoms with Gasteiger partial charge in [-0.2, -0.15) is 5.10 Å². The number of hydrogen-bond acceptors (Lipinski definition) is 4. The van der Waals surface area contributed by atoms with Crippen LogP contribution in [-0.2, 0) is 22.6 Å². The molecule has 1 N–H and O–H groups in total. The van der Waals surface area contributed by atoms with Crippen molar-refractivity contribution in [3.05, 3.63) is 29.2 Å². The summed E-state index contributed by atoms with van der Waals surface area (Å²) in [7, 11) is 0. The predicted molar refractivity (Wildman–Crippen MR) is 116 cm³/mol. The smallest absolute Gasteiger partial charge is 0.227 e. The van der Waals surface area contributed by atoms with E-state index in [9.17, 15) is 9.59 Å². The molecule has 160 valence electrons. The van der Waals surface area contributed by atoms with Crippen LogP contribution >= 0.6 is 11.6 Å². The van der Waals surface area contributed by atoms with Crippen LogP contribution in [0.3, 0.4) is 0 Å². The minimum absolute atomic E-state index is 0.0254. The lowest BCUT2D eigenvalue weighted by atomic mass is 9.89. The fourth-order valence-corrected chi connectivity index (χ4v) is 4.83. The van der Waals surface area contributed by atoms with Crippen LogP contribution in [0.1, 0.15) is 52.1 Å². The molecule has 8 heteroatoms. The molecule has 1 fully saturated rings. The first-order chi connectivity index (χ1) is 14.2. The molecule has 2 aliphatic heterocycles. The van der Waals surface area contributed by atoms with Crippen LogP contribution in [0.2, 0.25) is 5.02 Å². The first-order valence-corrected chi connectivity index (χ1v) is 10.9. The molecular weight excluding hydrogens is 402 g/mol. The molecule has 0 bridgehead atoms. The number of rotatable bonds is 4. The van der Waals surface area contributed by atoms with Crippen molar-refractivity contribution >= 4 is 29.2 Å². The number of carbonyl (C=O) groups is 2. The van der Waals surface area contributed by atoms with Crippen molar-refractivity contribution in [2.75, 3.05) is 11.9 Å². The summed E-state index contributed by atoms with van der Waals surface area (Å²) >= 11 is 6.45. The number of likely N-dealkylation sites (tertiary alicyclic amines) is 1. The lowest BCUT2D eigenvalue weighted by Gasteiger charge is -2.34. The molecule has 4 heterocycles. The van der Waals surface area contributed by atoms with Gasteiger partial charge in [0.25, 0.3) is 0 Å². The molecule has 2 aliphatic rings. The summed E-state index contributed by atoms with van der Waals surface area (Å²) in [6.07, 6.45) is 7.48. The average Bonchev–Trinajstić information content (AvgIpc) is 3.18. The molecule has 0 radical (unpaired) electrons. The largest absolute Gasteiger partial charge is 0.339 e. The Hall–Kier alpha value is -2.41. The Balaban J connectivity index is 1.51. The van der Waals surface area contributed by atoms with Crippen molar-refractivity contribution in [3.8, 4) is 11.1 Å². The molecular formula is C22H28ClN5O2. The third kappa shape index (κ3) is 4.21. The molecule has 2 aromatic heterocycles. The second-order valence-electron chi connectivity index (χ2n) is 9.17. The van der Waals surface area contributed by atoms with Crippen LogP contribution in [0.4, 0.5) is 5.82 Å². The standard InChI is InChI=1S/C22H28ClN5O2/c1-14(29)27-7-5-4-6-15(27)8-21(30)26-20-9-16(18(23)12-24-20)17-11-25-28-13-22(2,3)10-19(17)28/h9,11-12,15H,4-8,10,13H2,1-3H3,(H,24,26,30). The Labute approximate surface area is 181 Å². The summed E-state index contributed by atoms with van der Waals surface area (Å²) in [5.74, 6) is 0.342. The summed E-state index contributed by atoms with van der Waals surface area (Å²) in [4.78, 5) is 30.6. The van der Waals surface area contributed by atoms with E-state index in [-0.39, 0.29) is 29.7 Å². The van der Waals surface area contributed by atoms with E-state index in [1.807, 2.05) is 21.8 Å². The number of fused-ring (bicyclic) bond motifs is 1. The summed E-state index contributed by atoms with van der Waals surface area (Å²) in [5, 5.41) is 7.93. The van der Waals surface area contributed by atoms with Crippen LogP contribution in [0.15, 0.2) is 18.5 Å². The highest BCUT2D eigenvalue weighted by Gasteiger charge is 2.32. The highest BCUT2D eigenvalue weighted by Crippen LogP contribution is 2.39. The molecule has 30 heavy (non-hydrogen) atoms. The minimum Gasteiger partial charge on any atom is -0.339 e. The predicted octanol–water partition coefficient (Wildman–Crippen LogP) is 3.91. The van der Waals surface area contributed by atoms with Gasteiger partial charge in [0.1, 0.15) is 5.82 Å². The topological polar surface area (TPSA) is 80.1 Å². The quantitative estimate of drug-likeness (QED) is 0.798. The Morgan fingerprint density at radius 3 is 2.83 bits per heavy atom. The van der Waals surface area contributed by atoms with E-state index < -0.39 is 0 Å². The number of nitrogens with one attached hydrogen (secondary N) is 1. The van der Waals surface area contributed by atoms with Crippen molar-refractivity contribution < 1.29 is 9.59 Å². The maximum Gasteiger partial charge on any atom is 0.227 e. The van der Waals surface area contributed by atoms with Crippen LogP contribution in [0, 0.1) is 5.41 Å². The van der Waals surface area contributed by atoms with Gasteiger partial charge in [-0.1, -0.05) is 25.4 Å². The van der Waals surface area contributed by atoms with Gasteiger partial charge in [-0.25, -0.2) is 4.98 Å². The van der Waals surface area contributed by atoms with Crippen molar-refractivity contribution in [1.82, 2.24) is 19.7 Å². The van der Waals surface area contributed by atoms with E-state index in [1.54, 1.807) is 13.1 Å². The zero-order valence-electron chi connectivity index (χ0n) is 17.7. The van der Waals surface area contributed by atoms with Crippen molar-refractivity contribution in [2.24, 2.45) is 5.41 Å². The molecule has 2 aromatic rings. The maximum atomic E-state index is 12.7. The molecule has 1 atom stereocenters. The van der Waals surface area contributed by atoms with Gasteiger partial charge < -0.3 is 10.2 Å².